The zero-order valence-electron chi connectivity index (χ0n) is 7.38. The predicted molar refractivity (Wildman–Crippen MR) is 55.1 cm³/mol. The minimum absolute atomic E-state index is 0.435. The first-order valence-electron chi connectivity index (χ1n) is 4.20. The first-order chi connectivity index (χ1) is 6.90. The van der Waals surface area contributed by atoms with Gasteiger partial charge in [-0.15, -0.1) is 11.3 Å². The van der Waals surface area contributed by atoms with Gasteiger partial charge in [0.05, 0.1) is 5.69 Å². The third-order valence-corrected chi connectivity index (χ3v) is 2.76. The molecule has 0 unspecified atom stereocenters. The van der Waals surface area contributed by atoms with Crippen LogP contribution in [0, 0.1) is 0 Å². The van der Waals surface area contributed by atoms with Crippen LogP contribution in [0.5, 0.6) is 0 Å². The number of aromatic nitrogens is 2. The molecule has 0 atom stereocenters. The number of hydrogen-bond donors (Lipinski definition) is 0. The van der Waals surface area contributed by atoms with E-state index in [0.717, 1.165) is 21.9 Å². The van der Waals surface area contributed by atoms with E-state index in [1.807, 2.05) is 18.2 Å². The molecule has 0 aliphatic heterocycles. The first kappa shape index (κ1) is 9.02. The molecule has 0 saturated carbocycles. The Labute approximate surface area is 85.5 Å². The molecule has 0 spiro atoms. The second-order valence-electron chi connectivity index (χ2n) is 2.72. The second kappa shape index (κ2) is 4.11. The van der Waals surface area contributed by atoms with Crippen molar-refractivity contribution in [1.29, 1.82) is 0 Å². The van der Waals surface area contributed by atoms with Crippen molar-refractivity contribution in [3.63, 3.8) is 0 Å². The Morgan fingerprint density at radius 1 is 1.36 bits per heavy atom. The fourth-order valence-electron chi connectivity index (χ4n) is 1.09. The molecule has 0 saturated heterocycles. The van der Waals surface area contributed by atoms with Gasteiger partial charge < -0.3 is 4.79 Å². The third-order valence-electron chi connectivity index (χ3n) is 1.72. The molecular weight excluding hydrogens is 196 g/mol. The number of nitrogens with zero attached hydrogens (tertiary/aromatic N) is 2. The number of rotatable bonds is 3. The van der Waals surface area contributed by atoms with E-state index >= 15 is 0 Å². The number of thiazole rings is 1. The van der Waals surface area contributed by atoms with E-state index in [2.05, 4.69) is 9.97 Å². The van der Waals surface area contributed by atoms with Crippen molar-refractivity contribution in [3.8, 4) is 10.7 Å². The summed E-state index contributed by atoms with van der Waals surface area (Å²) >= 11 is 1.51. The molecule has 2 aromatic heterocycles. The van der Waals surface area contributed by atoms with Crippen LogP contribution in [0.25, 0.3) is 10.7 Å². The van der Waals surface area contributed by atoms with Gasteiger partial charge in [0.15, 0.2) is 0 Å². The van der Waals surface area contributed by atoms with Gasteiger partial charge in [-0.1, -0.05) is 6.07 Å². The number of carbonyl (C=O) groups is 1. The molecular formula is C10H8N2OS. The fraction of sp³-hybridized carbons (Fsp3) is 0.100. The first-order valence-corrected chi connectivity index (χ1v) is 5.01. The molecule has 0 aromatic carbocycles. The lowest BCUT2D eigenvalue weighted by atomic mass is 10.4. The molecule has 0 N–H and O–H groups in total. The highest BCUT2D eigenvalue weighted by Gasteiger charge is 2.04. The Hall–Kier alpha value is -1.55. The van der Waals surface area contributed by atoms with Gasteiger partial charge in [0.2, 0.25) is 0 Å². The zero-order valence-corrected chi connectivity index (χ0v) is 8.20. The van der Waals surface area contributed by atoms with Gasteiger partial charge in [0.25, 0.3) is 0 Å². The molecule has 4 heteroatoms. The Morgan fingerprint density at radius 2 is 2.29 bits per heavy atom. The van der Waals surface area contributed by atoms with E-state index < -0.39 is 0 Å². The maximum absolute atomic E-state index is 10.3. The molecule has 2 aromatic rings. The number of aldehydes is 1. The lowest BCUT2D eigenvalue weighted by Crippen LogP contribution is -1.78. The molecule has 0 radical (unpaired) electrons. The Morgan fingerprint density at radius 3 is 3.00 bits per heavy atom. The average Bonchev–Trinajstić information content (AvgIpc) is 2.68. The summed E-state index contributed by atoms with van der Waals surface area (Å²) < 4.78 is 0. The van der Waals surface area contributed by atoms with Gasteiger partial charge in [0.1, 0.15) is 11.3 Å². The normalized spacial score (nSPS) is 10.0. The van der Waals surface area contributed by atoms with Gasteiger partial charge in [-0.05, 0) is 12.1 Å². The van der Waals surface area contributed by atoms with E-state index in [4.69, 9.17) is 0 Å². The summed E-state index contributed by atoms with van der Waals surface area (Å²) in [6, 6.07) is 5.69. The van der Waals surface area contributed by atoms with E-state index in [1.165, 1.54) is 11.3 Å². The van der Waals surface area contributed by atoms with Crippen molar-refractivity contribution in [2.75, 3.05) is 0 Å². The molecule has 0 amide bonds. The van der Waals surface area contributed by atoms with Crippen molar-refractivity contribution >= 4 is 17.6 Å². The number of hydrogen-bond acceptors (Lipinski definition) is 4. The van der Waals surface area contributed by atoms with E-state index in [-0.39, 0.29) is 0 Å². The molecule has 0 aliphatic rings. The molecule has 3 nitrogen and oxygen atoms in total. The van der Waals surface area contributed by atoms with Crippen LogP contribution in [0.15, 0.2) is 30.6 Å². The maximum atomic E-state index is 10.3. The number of pyridine rings is 1. The van der Waals surface area contributed by atoms with Gasteiger partial charge in [0, 0.05) is 23.7 Å². The SMILES string of the molecule is O=CCc1cnc(-c2ccccn2)s1. The number of carbonyl (C=O) groups excluding carboxylic acids is 1. The smallest absolute Gasteiger partial charge is 0.142 e. The summed E-state index contributed by atoms with van der Waals surface area (Å²) in [5.74, 6) is 0. The maximum Gasteiger partial charge on any atom is 0.142 e. The minimum Gasteiger partial charge on any atom is -0.303 e. The topological polar surface area (TPSA) is 42.9 Å². The Kier molecular flexibility index (Phi) is 2.65. The largest absolute Gasteiger partial charge is 0.303 e. The molecule has 70 valence electrons. The predicted octanol–water partition coefficient (Wildman–Crippen LogP) is 1.95. The average molecular weight is 204 g/mol. The van der Waals surface area contributed by atoms with E-state index in [0.29, 0.717) is 6.42 Å². The van der Waals surface area contributed by atoms with Crippen molar-refractivity contribution in [2.45, 2.75) is 6.42 Å². The molecule has 14 heavy (non-hydrogen) atoms. The lowest BCUT2D eigenvalue weighted by Gasteiger charge is -1.91. The van der Waals surface area contributed by atoms with Crippen molar-refractivity contribution in [1.82, 2.24) is 9.97 Å². The summed E-state index contributed by atoms with van der Waals surface area (Å²) in [6.45, 7) is 0. The lowest BCUT2D eigenvalue weighted by molar-refractivity contribution is -0.107. The summed E-state index contributed by atoms with van der Waals surface area (Å²) in [5, 5.41) is 0.863. The highest BCUT2D eigenvalue weighted by Crippen LogP contribution is 2.22. The van der Waals surface area contributed by atoms with Crippen LogP contribution in [-0.2, 0) is 11.2 Å². The van der Waals surface area contributed by atoms with Gasteiger partial charge in [-0.25, -0.2) is 4.98 Å². The molecule has 2 heterocycles. The third kappa shape index (κ3) is 1.85. The summed E-state index contributed by atoms with van der Waals surface area (Å²) in [5.41, 5.74) is 0.856. The summed E-state index contributed by atoms with van der Waals surface area (Å²) in [6.07, 6.45) is 4.78. The molecule has 0 aliphatic carbocycles. The molecule has 0 fully saturated rings. The minimum atomic E-state index is 0.435. The van der Waals surface area contributed by atoms with Crippen LogP contribution in [0.4, 0.5) is 0 Å². The van der Waals surface area contributed by atoms with Crippen molar-refractivity contribution in [2.24, 2.45) is 0 Å². The standard InChI is InChI=1S/C10H8N2OS/c13-6-4-8-7-12-10(14-8)9-3-1-2-5-11-9/h1-3,5-7H,4H2. The zero-order chi connectivity index (χ0) is 9.80. The van der Waals surface area contributed by atoms with Crippen LogP contribution in [0.3, 0.4) is 0 Å². The highest BCUT2D eigenvalue weighted by molar-refractivity contribution is 7.15. The van der Waals surface area contributed by atoms with Gasteiger partial charge >= 0.3 is 0 Å². The van der Waals surface area contributed by atoms with Crippen molar-refractivity contribution < 1.29 is 4.79 Å². The highest BCUT2D eigenvalue weighted by atomic mass is 32.1. The quantitative estimate of drug-likeness (QED) is 0.718. The molecule has 2 rings (SSSR count). The van der Waals surface area contributed by atoms with E-state index in [9.17, 15) is 4.79 Å². The fourth-order valence-corrected chi connectivity index (χ4v) is 1.93. The summed E-state index contributed by atoms with van der Waals surface area (Å²) in [7, 11) is 0. The molecule has 0 bridgehead atoms. The monoisotopic (exact) mass is 204 g/mol. The Balaban J connectivity index is 2.29. The van der Waals surface area contributed by atoms with E-state index in [1.54, 1.807) is 12.4 Å². The van der Waals surface area contributed by atoms with Crippen LogP contribution in [-0.4, -0.2) is 16.3 Å². The summed E-state index contributed by atoms with van der Waals surface area (Å²) in [4.78, 5) is 19.6. The Bertz CT molecular complexity index is 425. The van der Waals surface area contributed by atoms with Gasteiger partial charge in [-0.2, -0.15) is 0 Å². The second-order valence-corrected chi connectivity index (χ2v) is 3.83. The van der Waals surface area contributed by atoms with Crippen LogP contribution < -0.4 is 0 Å². The van der Waals surface area contributed by atoms with Crippen LogP contribution in [0.2, 0.25) is 0 Å². The van der Waals surface area contributed by atoms with Crippen LogP contribution >= 0.6 is 11.3 Å². The van der Waals surface area contributed by atoms with Crippen LogP contribution in [0.1, 0.15) is 4.88 Å². The van der Waals surface area contributed by atoms with Gasteiger partial charge in [-0.3, -0.25) is 4.98 Å². The van der Waals surface area contributed by atoms with Crippen molar-refractivity contribution in [3.05, 3.63) is 35.5 Å².